The maximum absolute atomic E-state index is 12.3. The predicted molar refractivity (Wildman–Crippen MR) is 89.0 cm³/mol. The lowest BCUT2D eigenvalue weighted by molar-refractivity contribution is -0.139. The number of ether oxygens (including phenoxy) is 1. The van der Waals surface area contributed by atoms with Crippen LogP contribution < -0.4 is 9.64 Å². The van der Waals surface area contributed by atoms with Gasteiger partial charge in [0.25, 0.3) is 0 Å². The van der Waals surface area contributed by atoms with E-state index in [1.54, 1.807) is 29.2 Å². The molecule has 5 nitrogen and oxygen atoms in total. The zero-order valence-corrected chi connectivity index (χ0v) is 13.3. The quantitative estimate of drug-likeness (QED) is 0.493. The second-order valence-electron chi connectivity index (χ2n) is 5.74. The zero-order valence-electron chi connectivity index (χ0n) is 13.3. The van der Waals surface area contributed by atoms with Crippen LogP contribution in [0.4, 0.5) is 5.69 Å². The van der Waals surface area contributed by atoms with E-state index < -0.39 is 11.9 Å². The third kappa shape index (κ3) is 3.35. The summed E-state index contributed by atoms with van der Waals surface area (Å²) in [6.07, 6.45) is 0.138. The first-order valence-electron chi connectivity index (χ1n) is 7.72. The Bertz CT molecular complexity index is 768. The standard InChI is InChI=1S/C19H17NO4/c1-13(21)14-7-9-17(10-8-14)24-19(23)15-11-18(22)20(12-15)16-5-3-2-4-6-16/h2-10,15H,11-12H2,1H3/t15-/m0/s1. The number of esters is 1. The number of rotatable bonds is 4. The van der Waals surface area contributed by atoms with Gasteiger partial charge in [-0.3, -0.25) is 14.4 Å². The third-order valence-electron chi connectivity index (χ3n) is 4.01. The molecule has 5 heteroatoms. The number of amides is 1. The molecule has 0 aromatic heterocycles. The molecule has 1 atom stereocenters. The van der Waals surface area contributed by atoms with Gasteiger partial charge in [-0.05, 0) is 43.3 Å². The van der Waals surface area contributed by atoms with Crippen molar-refractivity contribution < 1.29 is 19.1 Å². The van der Waals surface area contributed by atoms with Gasteiger partial charge in [0.05, 0.1) is 5.92 Å². The van der Waals surface area contributed by atoms with Crippen LogP contribution in [-0.4, -0.2) is 24.2 Å². The lowest BCUT2D eigenvalue weighted by atomic mass is 10.1. The van der Waals surface area contributed by atoms with Gasteiger partial charge >= 0.3 is 5.97 Å². The highest BCUT2D eigenvalue weighted by Crippen LogP contribution is 2.26. The second kappa shape index (κ2) is 6.66. The van der Waals surface area contributed by atoms with Gasteiger partial charge in [0.15, 0.2) is 5.78 Å². The SMILES string of the molecule is CC(=O)c1ccc(OC(=O)[C@H]2CC(=O)N(c3ccccc3)C2)cc1. The van der Waals surface area contributed by atoms with Gasteiger partial charge in [-0.25, -0.2) is 0 Å². The van der Waals surface area contributed by atoms with Crippen molar-refractivity contribution in [2.45, 2.75) is 13.3 Å². The van der Waals surface area contributed by atoms with Crippen molar-refractivity contribution in [1.82, 2.24) is 0 Å². The molecule has 1 heterocycles. The highest BCUT2D eigenvalue weighted by molar-refractivity contribution is 5.99. The van der Waals surface area contributed by atoms with Crippen LogP contribution in [0.1, 0.15) is 23.7 Å². The molecular weight excluding hydrogens is 306 g/mol. The van der Waals surface area contributed by atoms with Gasteiger partial charge in [0.1, 0.15) is 5.75 Å². The minimum Gasteiger partial charge on any atom is -0.426 e. The van der Waals surface area contributed by atoms with E-state index in [9.17, 15) is 14.4 Å². The smallest absolute Gasteiger partial charge is 0.316 e. The van der Waals surface area contributed by atoms with Crippen LogP contribution in [0.15, 0.2) is 54.6 Å². The molecular formula is C19H17NO4. The number of carbonyl (C=O) groups excluding carboxylic acids is 3. The number of para-hydroxylation sites is 1. The van der Waals surface area contributed by atoms with Gasteiger partial charge in [0, 0.05) is 24.2 Å². The number of carbonyl (C=O) groups is 3. The van der Waals surface area contributed by atoms with Crippen molar-refractivity contribution in [3.63, 3.8) is 0 Å². The zero-order chi connectivity index (χ0) is 17.1. The van der Waals surface area contributed by atoms with Crippen LogP contribution in [0.5, 0.6) is 5.75 Å². The molecule has 0 spiro atoms. The topological polar surface area (TPSA) is 63.7 Å². The maximum atomic E-state index is 12.3. The number of ketones is 1. The van der Waals surface area contributed by atoms with Crippen molar-refractivity contribution in [1.29, 1.82) is 0 Å². The minimum absolute atomic E-state index is 0.0484. The number of hydrogen-bond donors (Lipinski definition) is 0. The Morgan fingerprint density at radius 1 is 1.04 bits per heavy atom. The normalized spacial score (nSPS) is 17.0. The van der Waals surface area contributed by atoms with E-state index in [0.29, 0.717) is 17.9 Å². The summed E-state index contributed by atoms with van der Waals surface area (Å²) < 4.78 is 5.34. The number of hydrogen-bond acceptors (Lipinski definition) is 4. The molecule has 3 rings (SSSR count). The van der Waals surface area contributed by atoms with Crippen LogP contribution in [-0.2, 0) is 9.59 Å². The Morgan fingerprint density at radius 2 is 1.71 bits per heavy atom. The molecule has 2 aromatic rings. The summed E-state index contributed by atoms with van der Waals surface area (Å²) >= 11 is 0. The van der Waals surface area contributed by atoms with E-state index >= 15 is 0 Å². The largest absolute Gasteiger partial charge is 0.426 e. The molecule has 2 aromatic carbocycles. The van der Waals surface area contributed by atoms with Crippen molar-refractivity contribution >= 4 is 23.3 Å². The summed E-state index contributed by atoms with van der Waals surface area (Å²) in [4.78, 5) is 37.3. The van der Waals surface area contributed by atoms with Crippen LogP contribution in [0.2, 0.25) is 0 Å². The van der Waals surface area contributed by atoms with E-state index in [4.69, 9.17) is 4.74 Å². The third-order valence-corrected chi connectivity index (χ3v) is 4.01. The molecule has 1 fully saturated rings. The Labute approximate surface area is 139 Å². The van der Waals surface area contributed by atoms with Gasteiger partial charge in [-0.1, -0.05) is 18.2 Å². The first-order chi connectivity index (χ1) is 11.5. The highest BCUT2D eigenvalue weighted by atomic mass is 16.5. The minimum atomic E-state index is -0.495. The van der Waals surface area contributed by atoms with E-state index in [1.165, 1.54) is 6.92 Å². The average molecular weight is 323 g/mol. The molecule has 0 bridgehead atoms. The molecule has 1 aliphatic heterocycles. The fourth-order valence-corrected chi connectivity index (χ4v) is 2.68. The second-order valence-corrected chi connectivity index (χ2v) is 5.74. The highest BCUT2D eigenvalue weighted by Gasteiger charge is 2.36. The number of Topliss-reactive ketones (excluding diaryl/α,β-unsaturated/α-hetero) is 1. The summed E-state index contributed by atoms with van der Waals surface area (Å²) in [5.41, 5.74) is 1.34. The van der Waals surface area contributed by atoms with Gasteiger partial charge in [-0.15, -0.1) is 0 Å². The summed E-state index contributed by atoms with van der Waals surface area (Å²) in [5, 5.41) is 0. The van der Waals surface area contributed by atoms with Gasteiger partial charge < -0.3 is 9.64 Å². The Balaban J connectivity index is 1.66. The van der Waals surface area contributed by atoms with Crippen LogP contribution in [0, 0.1) is 5.92 Å². The van der Waals surface area contributed by atoms with Gasteiger partial charge in [-0.2, -0.15) is 0 Å². The molecule has 0 unspecified atom stereocenters. The molecule has 0 saturated carbocycles. The molecule has 0 aliphatic carbocycles. The fraction of sp³-hybridized carbons (Fsp3) is 0.211. The first-order valence-corrected chi connectivity index (χ1v) is 7.72. The van der Waals surface area contributed by atoms with Crippen LogP contribution in [0.25, 0.3) is 0 Å². The molecule has 1 saturated heterocycles. The maximum Gasteiger partial charge on any atom is 0.316 e. The van der Waals surface area contributed by atoms with Crippen molar-refractivity contribution in [2.75, 3.05) is 11.4 Å². The molecule has 1 aliphatic rings. The predicted octanol–water partition coefficient (Wildman–Crippen LogP) is 2.85. The molecule has 1 amide bonds. The summed E-state index contributed by atoms with van der Waals surface area (Å²) in [6.45, 7) is 1.79. The van der Waals surface area contributed by atoms with E-state index in [1.807, 2.05) is 30.3 Å². The van der Waals surface area contributed by atoms with Crippen molar-refractivity contribution in [2.24, 2.45) is 5.92 Å². The van der Waals surface area contributed by atoms with Crippen molar-refractivity contribution in [3.05, 3.63) is 60.2 Å². The van der Waals surface area contributed by atoms with Crippen molar-refractivity contribution in [3.8, 4) is 5.75 Å². The Hall–Kier alpha value is -2.95. The number of benzene rings is 2. The van der Waals surface area contributed by atoms with Crippen LogP contribution in [0.3, 0.4) is 0 Å². The summed E-state index contributed by atoms with van der Waals surface area (Å²) in [7, 11) is 0. The average Bonchev–Trinajstić information content (AvgIpc) is 2.98. The molecule has 122 valence electrons. The van der Waals surface area contributed by atoms with E-state index in [-0.39, 0.29) is 18.1 Å². The number of nitrogens with zero attached hydrogens (tertiary/aromatic N) is 1. The molecule has 0 radical (unpaired) electrons. The number of anilines is 1. The summed E-state index contributed by atoms with van der Waals surface area (Å²) in [5.74, 6) is -0.694. The van der Waals surface area contributed by atoms with E-state index in [0.717, 1.165) is 5.69 Å². The van der Waals surface area contributed by atoms with E-state index in [2.05, 4.69) is 0 Å². The van der Waals surface area contributed by atoms with Gasteiger partial charge in [0.2, 0.25) is 5.91 Å². The lowest BCUT2D eigenvalue weighted by Gasteiger charge is -2.16. The summed E-state index contributed by atoms with van der Waals surface area (Å²) in [6, 6.07) is 15.6. The monoisotopic (exact) mass is 323 g/mol. The molecule has 0 N–H and O–H groups in total. The first kappa shape index (κ1) is 15.9. The Morgan fingerprint density at radius 3 is 2.33 bits per heavy atom. The van der Waals surface area contributed by atoms with Crippen LogP contribution >= 0.6 is 0 Å². The Kier molecular flexibility index (Phi) is 4.42. The lowest BCUT2D eigenvalue weighted by Crippen LogP contribution is -2.27. The molecule has 24 heavy (non-hydrogen) atoms. The fourth-order valence-electron chi connectivity index (χ4n) is 2.68.